The van der Waals surface area contributed by atoms with E-state index in [-0.39, 0.29) is 0 Å². The molecule has 0 saturated carbocycles. The molecule has 0 bridgehead atoms. The molecule has 0 fully saturated rings. The summed E-state index contributed by atoms with van der Waals surface area (Å²) in [5.41, 5.74) is 3.85. The van der Waals surface area contributed by atoms with E-state index in [1.807, 2.05) is 18.5 Å². The van der Waals surface area contributed by atoms with E-state index in [2.05, 4.69) is 50.6 Å². The second kappa shape index (κ2) is 6.07. The summed E-state index contributed by atoms with van der Waals surface area (Å²) in [6, 6.07) is 12.5. The number of likely N-dealkylation sites (N-methyl/N-ethyl adjacent to an activating group) is 1. The zero-order valence-electron chi connectivity index (χ0n) is 11.8. The lowest BCUT2D eigenvalue weighted by Gasteiger charge is -2.19. The summed E-state index contributed by atoms with van der Waals surface area (Å²) in [7, 11) is 2.04. The molecule has 3 N–H and O–H groups in total. The lowest BCUT2D eigenvalue weighted by atomic mass is 10.1. The van der Waals surface area contributed by atoms with Crippen LogP contribution in [0.4, 0.5) is 11.8 Å². The van der Waals surface area contributed by atoms with Crippen molar-refractivity contribution in [1.82, 2.24) is 9.97 Å². The molecule has 0 aliphatic heterocycles. The fourth-order valence-corrected chi connectivity index (χ4v) is 3.00. The van der Waals surface area contributed by atoms with Gasteiger partial charge in [0.05, 0.1) is 5.39 Å². The average molecular weight is 299 g/mol. The van der Waals surface area contributed by atoms with Gasteiger partial charge in [-0.25, -0.2) is 10.8 Å². The van der Waals surface area contributed by atoms with Crippen LogP contribution in [0.5, 0.6) is 0 Å². The third-order valence-electron chi connectivity index (χ3n) is 3.37. The maximum absolute atomic E-state index is 5.45. The Morgan fingerprint density at radius 1 is 1.19 bits per heavy atom. The number of nitrogens with two attached hydrogens (primary N) is 1. The first-order chi connectivity index (χ1) is 10.3. The third-order valence-corrected chi connectivity index (χ3v) is 4.18. The standard InChI is InChI=1S/C15H17N5S/c1-20(9-7-11-5-3-2-4-6-11)13-12-8-10-21-14(12)18-15(17-13)19-16/h2-6,8,10H,7,9,16H2,1H3,(H,17,18,19). The molecule has 1 aromatic carbocycles. The first kappa shape index (κ1) is 13.8. The quantitative estimate of drug-likeness (QED) is 0.560. The van der Waals surface area contributed by atoms with E-state index in [4.69, 9.17) is 5.84 Å². The number of hydrazine groups is 1. The van der Waals surface area contributed by atoms with Crippen molar-refractivity contribution in [2.75, 3.05) is 23.9 Å². The Hall–Kier alpha value is -2.18. The van der Waals surface area contributed by atoms with Crippen LogP contribution in [0.2, 0.25) is 0 Å². The van der Waals surface area contributed by atoms with Crippen LogP contribution in [0.1, 0.15) is 5.56 Å². The van der Waals surface area contributed by atoms with Crippen molar-refractivity contribution in [2.24, 2.45) is 5.84 Å². The van der Waals surface area contributed by atoms with Crippen molar-refractivity contribution in [2.45, 2.75) is 6.42 Å². The van der Waals surface area contributed by atoms with E-state index in [1.54, 1.807) is 11.3 Å². The van der Waals surface area contributed by atoms with Gasteiger partial charge in [0.2, 0.25) is 5.95 Å². The van der Waals surface area contributed by atoms with Gasteiger partial charge < -0.3 is 4.90 Å². The summed E-state index contributed by atoms with van der Waals surface area (Å²) >= 11 is 1.59. The molecule has 0 radical (unpaired) electrons. The average Bonchev–Trinajstić information content (AvgIpc) is 3.01. The Bertz CT molecular complexity index is 725. The van der Waals surface area contributed by atoms with Crippen molar-refractivity contribution < 1.29 is 0 Å². The largest absolute Gasteiger partial charge is 0.359 e. The summed E-state index contributed by atoms with van der Waals surface area (Å²) < 4.78 is 0. The van der Waals surface area contributed by atoms with Crippen LogP contribution >= 0.6 is 11.3 Å². The molecule has 3 rings (SSSR count). The molecule has 0 aliphatic rings. The summed E-state index contributed by atoms with van der Waals surface area (Å²) in [5, 5.41) is 3.09. The van der Waals surface area contributed by atoms with Gasteiger partial charge in [-0.2, -0.15) is 4.98 Å². The molecule has 5 nitrogen and oxygen atoms in total. The van der Waals surface area contributed by atoms with Crippen molar-refractivity contribution >= 4 is 33.3 Å². The molecule has 6 heteroatoms. The van der Waals surface area contributed by atoms with Crippen LogP contribution in [0.3, 0.4) is 0 Å². The minimum absolute atomic E-state index is 0.450. The highest BCUT2D eigenvalue weighted by molar-refractivity contribution is 7.16. The number of hydrogen-bond acceptors (Lipinski definition) is 6. The molecule has 2 aromatic heterocycles. The number of fused-ring (bicyclic) bond motifs is 1. The summed E-state index contributed by atoms with van der Waals surface area (Å²) in [5.74, 6) is 6.81. The number of benzene rings is 1. The third kappa shape index (κ3) is 2.96. The van der Waals surface area contributed by atoms with Crippen LogP contribution in [-0.4, -0.2) is 23.6 Å². The smallest absolute Gasteiger partial charge is 0.240 e. The molecule has 0 saturated heterocycles. The highest BCUT2D eigenvalue weighted by Gasteiger charge is 2.12. The van der Waals surface area contributed by atoms with Crippen molar-refractivity contribution in [3.05, 3.63) is 47.3 Å². The second-order valence-electron chi connectivity index (χ2n) is 4.81. The summed E-state index contributed by atoms with van der Waals surface area (Å²) in [6.07, 6.45) is 0.971. The Labute approximate surface area is 127 Å². The molecule has 0 spiro atoms. The molecular formula is C15H17N5S. The van der Waals surface area contributed by atoms with Crippen LogP contribution in [-0.2, 0) is 6.42 Å². The molecule has 108 valence electrons. The van der Waals surface area contributed by atoms with Crippen LogP contribution < -0.4 is 16.2 Å². The molecule has 21 heavy (non-hydrogen) atoms. The molecule has 2 heterocycles. The number of rotatable bonds is 5. The van der Waals surface area contributed by atoms with E-state index in [1.165, 1.54) is 5.56 Å². The van der Waals surface area contributed by atoms with Crippen molar-refractivity contribution in [1.29, 1.82) is 0 Å². The number of anilines is 2. The zero-order valence-corrected chi connectivity index (χ0v) is 12.6. The molecule has 0 atom stereocenters. The van der Waals surface area contributed by atoms with Crippen molar-refractivity contribution in [3.63, 3.8) is 0 Å². The fourth-order valence-electron chi connectivity index (χ4n) is 2.24. The molecule has 0 aliphatic carbocycles. The monoisotopic (exact) mass is 299 g/mol. The number of hydrogen-bond donors (Lipinski definition) is 2. The van der Waals surface area contributed by atoms with Gasteiger partial charge in [-0.3, -0.25) is 5.43 Å². The Balaban J connectivity index is 1.83. The lowest BCUT2D eigenvalue weighted by Crippen LogP contribution is -2.22. The predicted octanol–water partition coefficient (Wildman–Crippen LogP) is 2.66. The molecule has 0 amide bonds. The van der Waals surface area contributed by atoms with Gasteiger partial charge in [0.1, 0.15) is 10.6 Å². The number of nitrogens with one attached hydrogen (secondary N) is 1. The Morgan fingerprint density at radius 2 is 2.00 bits per heavy atom. The van der Waals surface area contributed by atoms with Crippen LogP contribution in [0, 0.1) is 0 Å². The Kier molecular flexibility index (Phi) is 3.98. The van der Waals surface area contributed by atoms with Gasteiger partial charge >= 0.3 is 0 Å². The maximum atomic E-state index is 5.45. The molecule has 3 aromatic rings. The van der Waals surface area contributed by atoms with Crippen LogP contribution in [0.15, 0.2) is 41.8 Å². The SMILES string of the molecule is CN(CCc1ccccc1)c1nc(NN)nc2sccc12. The molecular weight excluding hydrogens is 282 g/mol. The van der Waals surface area contributed by atoms with Gasteiger partial charge in [-0.15, -0.1) is 11.3 Å². The van der Waals surface area contributed by atoms with Gasteiger partial charge in [0.25, 0.3) is 0 Å². The van der Waals surface area contributed by atoms with E-state index in [0.29, 0.717) is 5.95 Å². The first-order valence-corrected chi connectivity index (χ1v) is 7.63. The highest BCUT2D eigenvalue weighted by atomic mass is 32.1. The van der Waals surface area contributed by atoms with E-state index in [0.717, 1.165) is 29.0 Å². The summed E-state index contributed by atoms with van der Waals surface area (Å²) in [6.45, 7) is 0.885. The van der Waals surface area contributed by atoms with Crippen molar-refractivity contribution in [3.8, 4) is 0 Å². The lowest BCUT2D eigenvalue weighted by molar-refractivity contribution is 0.862. The van der Waals surface area contributed by atoms with E-state index < -0.39 is 0 Å². The minimum Gasteiger partial charge on any atom is -0.359 e. The van der Waals surface area contributed by atoms with Gasteiger partial charge in [0, 0.05) is 13.6 Å². The topological polar surface area (TPSA) is 67.1 Å². The van der Waals surface area contributed by atoms with E-state index in [9.17, 15) is 0 Å². The van der Waals surface area contributed by atoms with Gasteiger partial charge in [-0.1, -0.05) is 30.3 Å². The normalized spacial score (nSPS) is 10.8. The number of aromatic nitrogens is 2. The first-order valence-electron chi connectivity index (χ1n) is 6.75. The highest BCUT2D eigenvalue weighted by Crippen LogP contribution is 2.28. The fraction of sp³-hybridized carbons (Fsp3) is 0.200. The molecule has 0 unspecified atom stereocenters. The van der Waals surface area contributed by atoms with Gasteiger partial charge in [0.15, 0.2) is 0 Å². The minimum atomic E-state index is 0.450. The predicted molar refractivity (Wildman–Crippen MR) is 88.6 cm³/mol. The van der Waals surface area contributed by atoms with Crippen LogP contribution in [0.25, 0.3) is 10.2 Å². The maximum Gasteiger partial charge on any atom is 0.240 e. The second-order valence-corrected chi connectivity index (χ2v) is 5.71. The summed E-state index contributed by atoms with van der Waals surface area (Å²) in [4.78, 5) is 11.9. The number of thiophene rings is 1. The number of nitrogen functional groups attached to an aromatic ring is 1. The Morgan fingerprint density at radius 3 is 2.76 bits per heavy atom. The van der Waals surface area contributed by atoms with Gasteiger partial charge in [-0.05, 0) is 23.4 Å². The zero-order chi connectivity index (χ0) is 14.7. The number of nitrogens with zero attached hydrogens (tertiary/aromatic N) is 3. The van der Waals surface area contributed by atoms with E-state index >= 15 is 0 Å².